The zero-order valence-electron chi connectivity index (χ0n) is 11.2. The number of aryl methyl sites for hydroxylation is 1. The van der Waals surface area contributed by atoms with E-state index in [9.17, 15) is 18.5 Å². The van der Waals surface area contributed by atoms with E-state index < -0.39 is 20.7 Å². The molecule has 0 atom stereocenters. The largest absolute Gasteiger partial charge is 0.283 e. The number of aromatic amines is 1. The Labute approximate surface area is 121 Å². The van der Waals surface area contributed by atoms with Crippen molar-refractivity contribution in [2.24, 2.45) is 0 Å². The predicted molar refractivity (Wildman–Crippen MR) is 75.9 cm³/mol. The third-order valence-electron chi connectivity index (χ3n) is 2.95. The van der Waals surface area contributed by atoms with Crippen LogP contribution in [-0.2, 0) is 22.3 Å². The maximum Gasteiger partial charge on any atom is 0.273 e. The molecular formula is C12H14N4O4S. The van der Waals surface area contributed by atoms with Crippen LogP contribution in [0.3, 0.4) is 0 Å². The molecule has 0 aliphatic rings. The summed E-state index contributed by atoms with van der Waals surface area (Å²) in [6, 6.07) is 5.78. The van der Waals surface area contributed by atoms with Gasteiger partial charge in [-0.05, 0) is 6.92 Å². The van der Waals surface area contributed by atoms with Gasteiger partial charge < -0.3 is 0 Å². The lowest BCUT2D eigenvalue weighted by atomic mass is 10.2. The molecule has 112 valence electrons. The average Bonchev–Trinajstić information content (AvgIpc) is 2.82. The first-order valence-electron chi connectivity index (χ1n) is 6.07. The normalized spacial score (nSPS) is 11.5. The van der Waals surface area contributed by atoms with Crippen LogP contribution in [0, 0.1) is 17.0 Å². The van der Waals surface area contributed by atoms with Gasteiger partial charge in [-0.3, -0.25) is 15.2 Å². The summed E-state index contributed by atoms with van der Waals surface area (Å²) in [4.78, 5) is 10.3. The number of rotatable bonds is 6. The molecule has 0 aliphatic heterocycles. The number of nitro groups is 1. The van der Waals surface area contributed by atoms with Crippen molar-refractivity contribution in [2.75, 3.05) is 0 Å². The van der Waals surface area contributed by atoms with Crippen LogP contribution in [-0.4, -0.2) is 23.5 Å². The van der Waals surface area contributed by atoms with Crippen molar-refractivity contribution >= 4 is 15.7 Å². The van der Waals surface area contributed by atoms with Crippen molar-refractivity contribution in [3.05, 3.63) is 57.4 Å². The third kappa shape index (κ3) is 3.86. The van der Waals surface area contributed by atoms with E-state index in [1.54, 1.807) is 13.0 Å². The van der Waals surface area contributed by atoms with Gasteiger partial charge in [-0.15, -0.1) is 0 Å². The van der Waals surface area contributed by atoms with Crippen molar-refractivity contribution < 1.29 is 13.3 Å². The Balaban J connectivity index is 2.11. The molecular weight excluding hydrogens is 296 g/mol. The Kier molecular flexibility index (Phi) is 4.34. The number of para-hydroxylation sites is 1. The van der Waals surface area contributed by atoms with Crippen LogP contribution in [0.25, 0.3) is 0 Å². The van der Waals surface area contributed by atoms with Gasteiger partial charge in [0.25, 0.3) is 5.69 Å². The van der Waals surface area contributed by atoms with Gasteiger partial charge >= 0.3 is 0 Å². The van der Waals surface area contributed by atoms with Crippen LogP contribution < -0.4 is 4.72 Å². The maximum atomic E-state index is 12.0. The van der Waals surface area contributed by atoms with E-state index in [0.717, 1.165) is 11.3 Å². The first-order valence-corrected chi connectivity index (χ1v) is 7.73. The fourth-order valence-electron chi connectivity index (χ4n) is 1.81. The fourth-order valence-corrected chi connectivity index (χ4v) is 2.94. The smallest absolute Gasteiger partial charge is 0.273 e. The molecule has 0 spiro atoms. The minimum absolute atomic E-state index is 0.0886. The molecule has 21 heavy (non-hydrogen) atoms. The van der Waals surface area contributed by atoms with Crippen LogP contribution in [0.4, 0.5) is 5.69 Å². The molecule has 2 aromatic rings. The Morgan fingerprint density at radius 2 is 2.05 bits per heavy atom. The molecule has 0 aliphatic carbocycles. The Morgan fingerprint density at radius 1 is 1.33 bits per heavy atom. The van der Waals surface area contributed by atoms with Gasteiger partial charge in [-0.25, -0.2) is 13.1 Å². The molecule has 0 bridgehead atoms. The van der Waals surface area contributed by atoms with E-state index in [1.807, 2.05) is 0 Å². The third-order valence-corrected chi connectivity index (χ3v) is 4.23. The molecule has 0 saturated carbocycles. The fraction of sp³-hybridized carbons (Fsp3) is 0.250. The van der Waals surface area contributed by atoms with Gasteiger partial charge in [-0.2, -0.15) is 5.10 Å². The highest BCUT2D eigenvalue weighted by atomic mass is 32.2. The average molecular weight is 310 g/mol. The van der Waals surface area contributed by atoms with Crippen molar-refractivity contribution in [1.82, 2.24) is 14.9 Å². The van der Waals surface area contributed by atoms with Crippen LogP contribution in [0.1, 0.15) is 16.8 Å². The Morgan fingerprint density at radius 3 is 2.67 bits per heavy atom. The number of nitro benzene ring substituents is 1. The first kappa shape index (κ1) is 15.1. The summed E-state index contributed by atoms with van der Waals surface area (Å²) in [6.07, 6.45) is 1.53. The second-order valence-corrected chi connectivity index (χ2v) is 6.29. The van der Waals surface area contributed by atoms with Crippen LogP contribution in [0.15, 0.2) is 30.5 Å². The molecule has 2 N–H and O–H groups in total. The van der Waals surface area contributed by atoms with Gasteiger partial charge in [0, 0.05) is 29.4 Å². The standard InChI is InChI=1S/C12H14N4O4S/c1-9-11(6-13-15-9)7-14-21(19,20)8-10-4-2-3-5-12(10)16(17)18/h2-6,14H,7-8H2,1H3,(H,13,15). The number of benzene rings is 1. The summed E-state index contributed by atoms with van der Waals surface area (Å²) in [5.41, 5.74) is 1.44. The summed E-state index contributed by atoms with van der Waals surface area (Å²) < 4.78 is 26.4. The van der Waals surface area contributed by atoms with Gasteiger partial charge in [0.1, 0.15) is 0 Å². The minimum atomic E-state index is -3.68. The van der Waals surface area contributed by atoms with E-state index in [2.05, 4.69) is 14.9 Å². The number of nitrogens with zero attached hydrogens (tertiary/aromatic N) is 2. The summed E-state index contributed by atoms with van der Waals surface area (Å²) in [6.45, 7) is 1.87. The summed E-state index contributed by atoms with van der Waals surface area (Å²) in [7, 11) is -3.68. The molecule has 1 aromatic heterocycles. The highest BCUT2D eigenvalue weighted by Gasteiger charge is 2.19. The molecule has 0 saturated heterocycles. The van der Waals surface area contributed by atoms with Gasteiger partial charge in [0.2, 0.25) is 10.0 Å². The SMILES string of the molecule is Cc1[nH]ncc1CNS(=O)(=O)Cc1ccccc1[N+](=O)[O-]. The molecule has 2 rings (SSSR count). The van der Waals surface area contributed by atoms with Gasteiger partial charge in [0.15, 0.2) is 0 Å². The van der Waals surface area contributed by atoms with E-state index >= 15 is 0 Å². The number of hydrogen-bond donors (Lipinski definition) is 2. The maximum absolute atomic E-state index is 12.0. The molecule has 0 amide bonds. The number of hydrogen-bond acceptors (Lipinski definition) is 5. The highest BCUT2D eigenvalue weighted by Crippen LogP contribution is 2.19. The Hall–Kier alpha value is -2.26. The minimum Gasteiger partial charge on any atom is -0.283 e. The zero-order chi connectivity index (χ0) is 15.5. The molecule has 8 nitrogen and oxygen atoms in total. The molecule has 0 radical (unpaired) electrons. The first-order chi connectivity index (χ1) is 9.89. The molecule has 1 aromatic carbocycles. The number of nitrogens with one attached hydrogen (secondary N) is 2. The lowest BCUT2D eigenvalue weighted by Gasteiger charge is -2.06. The monoisotopic (exact) mass is 310 g/mol. The second-order valence-electron chi connectivity index (χ2n) is 4.49. The topological polar surface area (TPSA) is 118 Å². The van der Waals surface area contributed by atoms with Gasteiger partial charge in [-0.1, -0.05) is 18.2 Å². The molecule has 9 heteroatoms. The van der Waals surface area contributed by atoms with Crippen molar-refractivity contribution in [3.63, 3.8) is 0 Å². The molecule has 0 unspecified atom stereocenters. The summed E-state index contributed by atoms with van der Waals surface area (Å²) in [5.74, 6) is -0.443. The van der Waals surface area contributed by atoms with Crippen LogP contribution in [0.2, 0.25) is 0 Å². The van der Waals surface area contributed by atoms with Crippen molar-refractivity contribution in [2.45, 2.75) is 19.2 Å². The lowest BCUT2D eigenvalue weighted by Crippen LogP contribution is -2.25. The van der Waals surface area contributed by atoms with E-state index in [-0.39, 0.29) is 17.8 Å². The molecule has 1 heterocycles. The zero-order valence-corrected chi connectivity index (χ0v) is 12.1. The Bertz CT molecular complexity index is 754. The lowest BCUT2D eigenvalue weighted by molar-refractivity contribution is -0.385. The number of aromatic nitrogens is 2. The quantitative estimate of drug-likeness (QED) is 0.615. The van der Waals surface area contributed by atoms with E-state index in [0.29, 0.717) is 0 Å². The summed E-state index contributed by atoms with van der Waals surface area (Å²) in [5, 5.41) is 17.4. The predicted octanol–water partition coefficient (Wildman–Crippen LogP) is 1.25. The van der Waals surface area contributed by atoms with Crippen molar-refractivity contribution in [3.8, 4) is 0 Å². The number of sulfonamides is 1. The van der Waals surface area contributed by atoms with Crippen molar-refractivity contribution in [1.29, 1.82) is 0 Å². The van der Waals surface area contributed by atoms with Crippen LogP contribution in [0.5, 0.6) is 0 Å². The van der Waals surface area contributed by atoms with Crippen LogP contribution >= 0.6 is 0 Å². The number of H-pyrrole nitrogens is 1. The second kappa shape index (κ2) is 6.02. The molecule has 0 fully saturated rings. The van der Waals surface area contributed by atoms with Gasteiger partial charge in [0.05, 0.1) is 16.9 Å². The summed E-state index contributed by atoms with van der Waals surface area (Å²) >= 11 is 0. The van der Waals surface area contributed by atoms with E-state index in [4.69, 9.17) is 0 Å². The highest BCUT2D eigenvalue weighted by molar-refractivity contribution is 7.88. The van der Waals surface area contributed by atoms with E-state index in [1.165, 1.54) is 24.4 Å².